The lowest BCUT2D eigenvalue weighted by Gasteiger charge is -2.08. The summed E-state index contributed by atoms with van der Waals surface area (Å²) in [6.45, 7) is 3.04. The average Bonchev–Trinajstić information content (AvgIpc) is 3.09. The zero-order valence-electron chi connectivity index (χ0n) is 13.8. The second-order valence-corrected chi connectivity index (χ2v) is 6.00. The molecule has 0 spiro atoms. The summed E-state index contributed by atoms with van der Waals surface area (Å²) in [4.78, 5) is 21.1. The average molecular weight is 331 g/mol. The number of ether oxygens (including phenoxy) is 1. The number of rotatable bonds is 3. The van der Waals surface area contributed by atoms with Crippen LogP contribution < -0.4 is 5.32 Å². The molecule has 2 heterocycles. The van der Waals surface area contributed by atoms with Crippen molar-refractivity contribution in [3.05, 3.63) is 77.2 Å². The molecular formula is C20H17N3O2. The lowest BCUT2D eigenvalue weighted by molar-refractivity contribution is 0.102. The quantitative estimate of drug-likeness (QED) is 0.794. The molecule has 3 aromatic rings. The number of aromatic nitrogens is 2. The molecule has 5 nitrogen and oxygen atoms in total. The first-order valence-electron chi connectivity index (χ1n) is 8.10. The number of aryl methyl sites for hydroxylation is 1. The van der Waals surface area contributed by atoms with Crippen molar-refractivity contribution in [2.75, 3.05) is 5.32 Å². The van der Waals surface area contributed by atoms with Crippen molar-refractivity contribution in [2.24, 2.45) is 0 Å². The van der Waals surface area contributed by atoms with Gasteiger partial charge >= 0.3 is 0 Å². The van der Waals surface area contributed by atoms with Gasteiger partial charge in [-0.2, -0.15) is 0 Å². The lowest BCUT2D eigenvalue weighted by Crippen LogP contribution is -2.12. The maximum absolute atomic E-state index is 12.5. The molecule has 0 bridgehead atoms. The van der Waals surface area contributed by atoms with E-state index in [9.17, 15) is 4.79 Å². The zero-order chi connectivity index (χ0) is 17.2. The monoisotopic (exact) mass is 331 g/mol. The summed E-state index contributed by atoms with van der Waals surface area (Å²) in [5.41, 5.74) is 5.36. The van der Waals surface area contributed by atoms with Crippen molar-refractivity contribution in [3.8, 4) is 11.3 Å². The van der Waals surface area contributed by atoms with Crippen LogP contribution >= 0.6 is 0 Å². The maximum atomic E-state index is 12.5. The number of fused-ring (bicyclic) bond motifs is 1. The van der Waals surface area contributed by atoms with Crippen LogP contribution in [0.2, 0.25) is 0 Å². The molecule has 1 aliphatic rings. The van der Waals surface area contributed by atoms with E-state index in [1.165, 1.54) is 0 Å². The minimum absolute atomic E-state index is 0.134. The molecule has 0 unspecified atom stereocenters. The molecule has 1 aromatic heterocycles. The minimum Gasteiger partial charge on any atom is -0.372 e. The first-order valence-corrected chi connectivity index (χ1v) is 8.10. The number of carbonyl (C=O) groups is 1. The van der Waals surface area contributed by atoms with E-state index in [0.717, 1.165) is 28.1 Å². The Bertz CT molecular complexity index is 953. The third kappa shape index (κ3) is 3.27. The van der Waals surface area contributed by atoms with Gasteiger partial charge in [0.05, 0.1) is 18.9 Å². The predicted molar refractivity (Wildman–Crippen MR) is 95.1 cm³/mol. The third-order valence-electron chi connectivity index (χ3n) is 4.18. The van der Waals surface area contributed by atoms with Crippen LogP contribution in [0.3, 0.4) is 0 Å². The largest absolute Gasteiger partial charge is 0.372 e. The molecule has 0 aliphatic carbocycles. The zero-order valence-corrected chi connectivity index (χ0v) is 13.8. The van der Waals surface area contributed by atoms with Crippen molar-refractivity contribution in [2.45, 2.75) is 20.1 Å². The normalized spacial score (nSPS) is 12.7. The highest BCUT2D eigenvalue weighted by molar-refractivity contribution is 6.04. The van der Waals surface area contributed by atoms with Crippen LogP contribution in [-0.4, -0.2) is 15.9 Å². The molecule has 0 saturated heterocycles. The highest BCUT2D eigenvalue weighted by Gasteiger charge is 2.14. The van der Waals surface area contributed by atoms with Crippen LogP contribution in [0, 0.1) is 6.92 Å². The van der Waals surface area contributed by atoms with Crippen LogP contribution in [0.1, 0.15) is 27.3 Å². The van der Waals surface area contributed by atoms with Crippen LogP contribution in [0.5, 0.6) is 0 Å². The fourth-order valence-electron chi connectivity index (χ4n) is 2.89. The summed E-state index contributed by atoms with van der Waals surface area (Å²) >= 11 is 0. The van der Waals surface area contributed by atoms with E-state index < -0.39 is 0 Å². The van der Waals surface area contributed by atoms with Gasteiger partial charge in [-0.05, 0) is 48.4 Å². The number of amides is 1. The van der Waals surface area contributed by atoms with Crippen LogP contribution in [-0.2, 0) is 18.0 Å². The Morgan fingerprint density at radius 1 is 1.08 bits per heavy atom. The molecule has 0 radical (unpaired) electrons. The maximum Gasteiger partial charge on any atom is 0.255 e. The predicted octanol–water partition coefficient (Wildman–Crippen LogP) is 3.73. The minimum atomic E-state index is -0.134. The van der Waals surface area contributed by atoms with Gasteiger partial charge in [0.1, 0.15) is 5.82 Å². The molecular weight excluding hydrogens is 314 g/mol. The summed E-state index contributed by atoms with van der Waals surface area (Å²) in [5.74, 6) is 0.581. The van der Waals surface area contributed by atoms with Crippen molar-refractivity contribution in [1.29, 1.82) is 0 Å². The third-order valence-corrected chi connectivity index (χ3v) is 4.18. The molecule has 1 amide bonds. The SMILES string of the molecule is Cc1nccc(-c2cccc(NC(=O)c3ccc4c(c3)COC4)c2)n1. The number of hydrogen-bond acceptors (Lipinski definition) is 4. The van der Waals surface area contributed by atoms with Crippen LogP contribution in [0.25, 0.3) is 11.3 Å². The molecule has 5 heteroatoms. The Labute approximate surface area is 145 Å². The highest BCUT2D eigenvalue weighted by Crippen LogP contribution is 2.23. The molecule has 0 fully saturated rings. The fraction of sp³-hybridized carbons (Fsp3) is 0.150. The van der Waals surface area contributed by atoms with Gasteiger partial charge in [0.15, 0.2) is 0 Å². The standard InChI is InChI=1S/C20H17N3O2/c1-13-21-8-7-19(22-13)14-3-2-4-18(10-14)23-20(24)15-5-6-16-11-25-12-17(16)9-15/h2-10H,11-12H2,1H3,(H,23,24). The van der Waals surface area contributed by atoms with E-state index in [0.29, 0.717) is 24.6 Å². The number of carbonyl (C=O) groups excluding carboxylic acids is 1. The topological polar surface area (TPSA) is 64.1 Å². The molecule has 25 heavy (non-hydrogen) atoms. The van der Waals surface area contributed by atoms with Crippen molar-refractivity contribution in [3.63, 3.8) is 0 Å². The molecule has 4 rings (SSSR count). The summed E-state index contributed by atoms with van der Waals surface area (Å²) in [6.07, 6.45) is 1.73. The van der Waals surface area contributed by atoms with Gasteiger partial charge in [-0.25, -0.2) is 9.97 Å². The van der Waals surface area contributed by atoms with E-state index in [1.54, 1.807) is 6.20 Å². The number of anilines is 1. The Balaban J connectivity index is 1.56. The number of hydrogen-bond donors (Lipinski definition) is 1. The summed E-state index contributed by atoms with van der Waals surface area (Å²) in [6, 6.07) is 15.2. The fourth-order valence-corrected chi connectivity index (χ4v) is 2.89. The molecule has 124 valence electrons. The highest BCUT2D eigenvalue weighted by atomic mass is 16.5. The van der Waals surface area contributed by atoms with Gasteiger partial charge in [-0.1, -0.05) is 18.2 Å². The first-order chi connectivity index (χ1) is 12.2. The van der Waals surface area contributed by atoms with E-state index >= 15 is 0 Å². The first kappa shape index (κ1) is 15.5. The van der Waals surface area contributed by atoms with Gasteiger partial charge < -0.3 is 10.1 Å². The second kappa shape index (κ2) is 6.45. The van der Waals surface area contributed by atoms with Crippen LogP contribution in [0.4, 0.5) is 5.69 Å². The summed E-state index contributed by atoms with van der Waals surface area (Å²) in [5, 5.41) is 2.95. The van der Waals surface area contributed by atoms with Gasteiger partial charge in [0.2, 0.25) is 0 Å². The van der Waals surface area contributed by atoms with Crippen molar-refractivity contribution in [1.82, 2.24) is 9.97 Å². The van der Waals surface area contributed by atoms with Crippen molar-refractivity contribution >= 4 is 11.6 Å². The lowest BCUT2D eigenvalue weighted by atomic mass is 10.1. The Morgan fingerprint density at radius 2 is 1.96 bits per heavy atom. The molecule has 1 aliphatic heterocycles. The summed E-state index contributed by atoms with van der Waals surface area (Å²) in [7, 11) is 0. The van der Waals surface area contributed by atoms with Gasteiger partial charge in [0.25, 0.3) is 5.91 Å². The molecule has 1 N–H and O–H groups in total. The van der Waals surface area contributed by atoms with E-state index in [-0.39, 0.29) is 5.91 Å². The van der Waals surface area contributed by atoms with Crippen LogP contribution in [0.15, 0.2) is 54.7 Å². The molecule has 0 saturated carbocycles. The van der Waals surface area contributed by atoms with E-state index in [2.05, 4.69) is 15.3 Å². The molecule has 2 aromatic carbocycles. The Morgan fingerprint density at radius 3 is 2.84 bits per heavy atom. The van der Waals surface area contributed by atoms with Gasteiger partial charge in [-0.3, -0.25) is 4.79 Å². The molecule has 0 atom stereocenters. The van der Waals surface area contributed by atoms with Gasteiger partial charge in [-0.15, -0.1) is 0 Å². The van der Waals surface area contributed by atoms with E-state index in [1.807, 2.05) is 55.5 Å². The Kier molecular flexibility index (Phi) is 3.99. The number of nitrogens with zero attached hydrogens (tertiary/aromatic N) is 2. The smallest absolute Gasteiger partial charge is 0.255 e. The second-order valence-electron chi connectivity index (χ2n) is 6.00. The van der Waals surface area contributed by atoms with E-state index in [4.69, 9.17) is 4.74 Å². The van der Waals surface area contributed by atoms with Crippen molar-refractivity contribution < 1.29 is 9.53 Å². The number of benzene rings is 2. The summed E-state index contributed by atoms with van der Waals surface area (Å²) < 4.78 is 5.40. The Hall–Kier alpha value is -3.05. The van der Waals surface area contributed by atoms with Gasteiger partial charge in [0, 0.05) is 23.0 Å². The number of nitrogens with one attached hydrogen (secondary N) is 1.